The molecule has 0 saturated carbocycles. The first kappa shape index (κ1) is 32.0. The predicted molar refractivity (Wildman–Crippen MR) is 157 cm³/mol. The maximum atomic E-state index is 13.6. The maximum Gasteiger partial charge on any atom is 0.333 e. The zero-order valence-corrected chi connectivity index (χ0v) is 24.2. The molecule has 0 aliphatic rings. The Bertz CT molecular complexity index is 1260. The van der Waals surface area contributed by atoms with Gasteiger partial charge in [0.25, 0.3) is 0 Å². The highest BCUT2D eigenvalue weighted by atomic mass is 35.5. The summed E-state index contributed by atoms with van der Waals surface area (Å²) < 4.78 is 30.4. The van der Waals surface area contributed by atoms with Crippen LogP contribution in [0.3, 0.4) is 0 Å². The van der Waals surface area contributed by atoms with E-state index in [2.05, 4.69) is 5.32 Å². The molecule has 2 amide bonds. The van der Waals surface area contributed by atoms with Gasteiger partial charge in [-0.1, -0.05) is 41.4 Å². The molecule has 1 atom stereocenters. The van der Waals surface area contributed by atoms with Gasteiger partial charge in [-0.25, -0.2) is 14.0 Å². The molecule has 0 radical (unpaired) electrons. The van der Waals surface area contributed by atoms with Crippen molar-refractivity contribution in [1.29, 1.82) is 0 Å². The molecule has 11 heteroatoms. The lowest BCUT2D eigenvalue weighted by Gasteiger charge is -2.23. The number of nitrogens with zero attached hydrogens (tertiary/aromatic N) is 1. The minimum absolute atomic E-state index is 0.212. The summed E-state index contributed by atoms with van der Waals surface area (Å²) in [5, 5.41) is 13.0. The number of hydrogen-bond acceptors (Lipinski definition) is 5. The number of unbranched alkanes of at least 4 members (excludes halogenated alkanes) is 1. The van der Waals surface area contributed by atoms with Crippen LogP contribution in [0, 0.1) is 5.82 Å². The largest absolute Gasteiger partial charge is 0.493 e. The second-order valence-corrected chi connectivity index (χ2v) is 9.94. The first-order chi connectivity index (χ1) is 19.7. The normalized spacial score (nSPS) is 11.5. The van der Waals surface area contributed by atoms with Gasteiger partial charge >= 0.3 is 12.0 Å². The third kappa shape index (κ3) is 11.5. The van der Waals surface area contributed by atoms with Crippen molar-refractivity contribution in [2.24, 2.45) is 0 Å². The van der Waals surface area contributed by atoms with Crippen LogP contribution < -0.4 is 14.8 Å². The summed E-state index contributed by atoms with van der Waals surface area (Å²) in [7, 11) is 0. The molecule has 0 saturated heterocycles. The van der Waals surface area contributed by atoms with Gasteiger partial charge in [-0.15, -0.1) is 0 Å². The number of amides is 2. The van der Waals surface area contributed by atoms with E-state index in [9.17, 15) is 19.1 Å². The summed E-state index contributed by atoms with van der Waals surface area (Å²) in [5.74, 6) is -0.311. The summed E-state index contributed by atoms with van der Waals surface area (Å²) in [5.41, 5.74) is 1.15. The smallest absolute Gasteiger partial charge is 0.333 e. The number of carbonyl (C=O) groups is 2. The molecule has 0 heterocycles. The van der Waals surface area contributed by atoms with Gasteiger partial charge in [-0.2, -0.15) is 0 Å². The monoisotopic (exact) mass is 606 g/mol. The molecule has 0 fully saturated rings. The average molecular weight is 608 g/mol. The number of aliphatic carboxylic acids is 1. The van der Waals surface area contributed by atoms with E-state index in [0.29, 0.717) is 59.8 Å². The topological polar surface area (TPSA) is 97.3 Å². The molecule has 8 nitrogen and oxygen atoms in total. The van der Waals surface area contributed by atoms with Crippen molar-refractivity contribution >= 4 is 40.9 Å². The molecule has 2 N–H and O–H groups in total. The van der Waals surface area contributed by atoms with Gasteiger partial charge in [0.15, 0.2) is 6.10 Å². The second-order valence-electron chi connectivity index (χ2n) is 9.07. The van der Waals surface area contributed by atoms with E-state index < -0.39 is 17.9 Å². The highest BCUT2D eigenvalue weighted by Crippen LogP contribution is 2.24. The quantitative estimate of drug-likeness (QED) is 0.171. The van der Waals surface area contributed by atoms with Crippen LogP contribution in [0.2, 0.25) is 10.0 Å². The van der Waals surface area contributed by atoms with E-state index in [1.807, 2.05) is 0 Å². The van der Waals surface area contributed by atoms with Crippen LogP contribution in [0.4, 0.5) is 14.9 Å². The number of anilines is 1. The molecular weight excluding hydrogens is 574 g/mol. The summed E-state index contributed by atoms with van der Waals surface area (Å²) in [6.07, 6.45) is 0.635. The molecular formula is C30H33Cl2FN2O6. The van der Waals surface area contributed by atoms with Crippen LogP contribution in [-0.4, -0.2) is 61.0 Å². The number of carboxylic acid groups (broad SMARTS) is 1. The van der Waals surface area contributed by atoms with E-state index in [0.717, 1.165) is 5.56 Å². The van der Waals surface area contributed by atoms with Crippen LogP contribution in [0.15, 0.2) is 66.7 Å². The number of carbonyl (C=O) groups excluding carboxylic acids is 1. The number of benzene rings is 3. The van der Waals surface area contributed by atoms with Crippen molar-refractivity contribution < 1.29 is 33.3 Å². The summed E-state index contributed by atoms with van der Waals surface area (Å²) >= 11 is 12.0. The number of hydrogen-bond donors (Lipinski definition) is 2. The lowest BCUT2D eigenvalue weighted by Crippen LogP contribution is -2.38. The van der Waals surface area contributed by atoms with Crippen LogP contribution in [-0.2, 0) is 16.0 Å². The molecule has 0 bridgehead atoms. The highest BCUT2D eigenvalue weighted by molar-refractivity contribution is 6.34. The van der Waals surface area contributed by atoms with Gasteiger partial charge in [0.1, 0.15) is 23.9 Å². The van der Waals surface area contributed by atoms with Gasteiger partial charge in [0.05, 0.1) is 13.2 Å². The molecule has 0 aromatic heterocycles. The van der Waals surface area contributed by atoms with Crippen molar-refractivity contribution in [3.63, 3.8) is 0 Å². The highest BCUT2D eigenvalue weighted by Gasteiger charge is 2.18. The van der Waals surface area contributed by atoms with E-state index in [1.54, 1.807) is 60.4 Å². The fourth-order valence-electron chi connectivity index (χ4n) is 3.92. The van der Waals surface area contributed by atoms with E-state index >= 15 is 0 Å². The minimum Gasteiger partial charge on any atom is -0.493 e. The Labute approximate surface area is 248 Å². The molecule has 41 heavy (non-hydrogen) atoms. The maximum absolute atomic E-state index is 13.6. The molecule has 220 valence electrons. The van der Waals surface area contributed by atoms with Gasteiger partial charge in [-0.05, 0) is 73.9 Å². The Kier molecular flexibility index (Phi) is 13.0. The van der Waals surface area contributed by atoms with Gasteiger partial charge in [-0.3, -0.25) is 0 Å². The van der Waals surface area contributed by atoms with Crippen LogP contribution >= 0.6 is 23.2 Å². The standard InChI is InChI=1S/C30H33Cl2FN2O6/c1-2-39-28(29(36)37)16-21-8-10-26(11-9-21)41-15-13-35(30(38)34-25-7-5-6-24(33)20-25)12-3-4-14-40-27-18-22(31)17-23(32)19-27/h5-11,17-20,28H,2-4,12-16H2,1H3,(H,34,38)(H,36,37). The summed E-state index contributed by atoms with van der Waals surface area (Å²) in [6.45, 7) is 3.37. The SMILES string of the molecule is CCOC(Cc1ccc(OCCN(CCCCOc2cc(Cl)cc(Cl)c2)C(=O)Nc2cccc(F)c2)cc1)C(=O)O. The second kappa shape index (κ2) is 16.7. The third-order valence-corrected chi connectivity index (χ3v) is 6.34. The fourth-order valence-corrected chi connectivity index (χ4v) is 4.42. The first-order valence-electron chi connectivity index (χ1n) is 13.2. The number of urea groups is 1. The Morgan fingerprint density at radius 2 is 1.63 bits per heavy atom. The molecule has 0 spiro atoms. The zero-order valence-electron chi connectivity index (χ0n) is 22.7. The zero-order chi connectivity index (χ0) is 29.6. The Morgan fingerprint density at radius 3 is 2.29 bits per heavy atom. The minimum atomic E-state index is -1.01. The summed E-state index contributed by atoms with van der Waals surface area (Å²) in [4.78, 5) is 25.9. The lowest BCUT2D eigenvalue weighted by molar-refractivity contribution is -0.149. The van der Waals surface area contributed by atoms with E-state index in [1.165, 1.54) is 18.2 Å². The molecule has 3 aromatic rings. The Hall–Kier alpha value is -3.53. The fraction of sp³-hybridized carbons (Fsp3) is 0.333. The molecule has 3 aromatic carbocycles. The number of halogens is 3. The molecule has 3 rings (SSSR count). The van der Waals surface area contributed by atoms with Crippen LogP contribution in [0.1, 0.15) is 25.3 Å². The number of nitrogens with one attached hydrogen (secondary N) is 1. The Morgan fingerprint density at radius 1 is 0.927 bits per heavy atom. The molecule has 0 aliphatic carbocycles. The molecule has 1 unspecified atom stereocenters. The first-order valence-corrected chi connectivity index (χ1v) is 14.0. The molecule has 0 aliphatic heterocycles. The van der Waals surface area contributed by atoms with Gasteiger partial charge in [0, 0.05) is 35.3 Å². The number of rotatable bonds is 16. The Balaban J connectivity index is 1.52. The van der Waals surface area contributed by atoms with Crippen molar-refractivity contribution in [2.45, 2.75) is 32.3 Å². The van der Waals surface area contributed by atoms with Crippen molar-refractivity contribution in [3.8, 4) is 11.5 Å². The summed E-state index contributed by atoms with van der Waals surface area (Å²) in [6, 6.07) is 17.4. The predicted octanol–water partition coefficient (Wildman–Crippen LogP) is 6.94. The van der Waals surface area contributed by atoms with Gasteiger partial charge < -0.3 is 29.5 Å². The van der Waals surface area contributed by atoms with E-state index in [-0.39, 0.29) is 25.6 Å². The lowest BCUT2D eigenvalue weighted by atomic mass is 10.1. The van der Waals surface area contributed by atoms with Crippen molar-refractivity contribution in [3.05, 3.63) is 88.2 Å². The third-order valence-electron chi connectivity index (χ3n) is 5.91. The average Bonchev–Trinajstić information content (AvgIpc) is 2.92. The van der Waals surface area contributed by atoms with Crippen molar-refractivity contribution in [2.75, 3.05) is 38.2 Å². The number of carboxylic acids is 1. The van der Waals surface area contributed by atoms with Crippen molar-refractivity contribution in [1.82, 2.24) is 4.90 Å². The van der Waals surface area contributed by atoms with E-state index in [4.69, 9.17) is 37.4 Å². The van der Waals surface area contributed by atoms with Gasteiger partial charge in [0.2, 0.25) is 0 Å². The van der Waals surface area contributed by atoms with Crippen LogP contribution in [0.25, 0.3) is 0 Å². The van der Waals surface area contributed by atoms with Crippen LogP contribution in [0.5, 0.6) is 11.5 Å². The number of ether oxygens (including phenoxy) is 3.